The Morgan fingerprint density at radius 1 is 1.15 bits per heavy atom. The molecule has 1 fully saturated rings. The number of piperazine rings is 1. The average Bonchev–Trinajstić information content (AvgIpc) is 2.79. The molecule has 8 nitrogen and oxygen atoms in total. The van der Waals surface area contributed by atoms with Crippen molar-refractivity contribution >= 4 is 39.2 Å². The molecule has 2 aromatic rings. The SMILES string of the molecule is CSCCC(NS(=O)(=O)c1cc(C)ccc1C)C(=O)Nc1ccc(N2CCN(C)CC2)nc1. The Balaban J connectivity index is 1.70. The Hall–Kier alpha value is -2.14. The minimum Gasteiger partial charge on any atom is -0.354 e. The summed E-state index contributed by atoms with van der Waals surface area (Å²) in [7, 11) is -1.75. The number of carbonyl (C=O) groups excluding carboxylic acids is 1. The second-order valence-corrected chi connectivity index (χ2v) is 11.1. The van der Waals surface area contributed by atoms with E-state index in [0.29, 0.717) is 23.4 Å². The van der Waals surface area contributed by atoms with Crippen molar-refractivity contribution in [2.24, 2.45) is 0 Å². The lowest BCUT2D eigenvalue weighted by molar-refractivity contribution is -0.117. The molecular formula is C23H33N5O3S2. The first-order chi connectivity index (χ1) is 15.7. The molecule has 0 bridgehead atoms. The van der Waals surface area contributed by atoms with Crippen molar-refractivity contribution in [3.05, 3.63) is 47.7 Å². The van der Waals surface area contributed by atoms with Crippen LogP contribution in [0, 0.1) is 13.8 Å². The van der Waals surface area contributed by atoms with Crippen LogP contribution in [0.4, 0.5) is 11.5 Å². The Morgan fingerprint density at radius 2 is 1.88 bits per heavy atom. The van der Waals surface area contributed by atoms with Gasteiger partial charge in [0.1, 0.15) is 11.9 Å². The van der Waals surface area contributed by atoms with Gasteiger partial charge in [0.2, 0.25) is 15.9 Å². The van der Waals surface area contributed by atoms with E-state index in [2.05, 4.69) is 31.9 Å². The van der Waals surface area contributed by atoms with E-state index in [1.165, 1.54) is 0 Å². The van der Waals surface area contributed by atoms with Gasteiger partial charge in [-0.2, -0.15) is 16.5 Å². The Bertz CT molecular complexity index is 1050. The van der Waals surface area contributed by atoms with Gasteiger partial charge in [0.25, 0.3) is 0 Å². The minimum absolute atomic E-state index is 0.197. The smallest absolute Gasteiger partial charge is 0.242 e. The number of carbonyl (C=O) groups is 1. The fourth-order valence-electron chi connectivity index (χ4n) is 3.64. The van der Waals surface area contributed by atoms with Gasteiger partial charge in [-0.15, -0.1) is 0 Å². The van der Waals surface area contributed by atoms with E-state index in [9.17, 15) is 13.2 Å². The first kappa shape index (κ1) is 25.5. The van der Waals surface area contributed by atoms with E-state index < -0.39 is 22.0 Å². The standard InChI is InChI=1S/C23H33N5O3S2/c1-17-5-6-18(2)21(15-17)33(30,31)26-20(9-14-32-4)23(29)25-19-7-8-22(24-16-19)28-12-10-27(3)11-13-28/h5-8,15-16,20,26H,9-14H2,1-4H3,(H,25,29). The van der Waals surface area contributed by atoms with Crippen molar-refractivity contribution < 1.29 is 13.2 Å². The van der Waals surface area contributed by atoms with Crippen LogP contribution in [0.3, 0.4) is 0 Å². The van der Waals surface area contributed by atoms with Gasteiger partial charge in [-0.25, -0.2) is 13.4 Å². The summed E-state index contributed by atoms with van der Waals surface area (Å²) in [4.78, 5) is 22.2. The molecule has 1 aromatic heterocycles. The van der Waals surface area contributed by atoms with E-state index in [1.54, 1.807) is 37.0 Å². The molecule has 0 saturated carbocycles. The van der Waals surface area contributed by atoms with Crippen molar-refractivity contribution in [1.82, 2.24) is 14.6 Å². The highest BCUT2D eigenvalue weighted by Crippen LogP contribution is 2.19. The van der Waals surface area contributed by atoms with Crippen molar-refractivity contribution in [2.75, 3.05) is 55.5 Å². The number of anilines is 2. The van der Waals surface area contributed by atoms with Crippen molar-refractivity contribution in [1.29, 1.82) is 0 Å². The van der Waals surface area contributed by atoms with Crippen LogP contribution in [0.1, 0.15) is 17.5 Å². The third-order valence-electron chi connectivity index (χ3n) is 5.70. The molecule has 1 aromatic carbocycles. The normalized spacial score (nSPS) is 15.9. The lowest BCUT2D eigenvalue weighted by atomic mass is 10.2. The number of pyridine rings is 1. The van der Waals surface area contributed by atoms with Crippen LogP contribution >= 0.6 is 11.8 Å². The molecule has 1 unspecified atom stereocenters. The molecule has 0 spiro atoms. The van der Waals surface area contributed by atoms with Crippen LogP contribution in [-0.4, -0.2) is 75.5 Å². The molecule has 180 valence electrons. The molecule has 0 radical (unpaired) electrons. The van der Waals surface area contributed by atoms with E-state index in [-0.39, 0.29) is 4.90 Å². The summed E-state index contributed by atoms with van der Waals surface area (Å²) in [6, 6.07) is 8.07. The highest BCUT2D eigenvalue weighted by atomic mass is 32.2. The summed E-state index contributed by atoms with van der Waals surface area (Å²) in [6.07, 6.45) is 3.93. The molecular weight excluding hydrogens is 458 g/mol. The molecule has 1 amide bonds. The fraction of sp³-hybridized carbons (Fsp3) is 0.478. The Labute approximate surface area is 201 Å². The molecule has 2 heterocycles. The van der Waals surface area contributed by atoms with Crippen LogP contribution in [0.15, 0.2) is 41.4 Å². The fourth-order valence-corrected chi connectivity index (χ4v) is 5.67. The third-order valence-corrected chi connectivity index (χ3v) is 7.96. The molecule has 1 aliphatic rings. The number of nitrogens with zero attached hydrogens (tertiary/aromatic N) is 3. The topological polar surface area (TPSA) is 94.6 Å². The second-order valence-electron chi connectivity index (χ2n) is 8.41. The number of aryl methyl sites for hydroxylation is 2. The average molecular weight is 492 g/mol. The third kappa shape index (κ3) is 6.92. The van der Waals surface area contributed by atoms with Gasteiger partial charge in [-0.3, -0.25) is 4.79 Å². The van der Waals surface area contributed by atoms with Crippen LogP contribution < -0.4 is 14.9 Å². The van der Waals surface area contributed by atoms with E-state index in [1.807, 2.05) is 31.4 Å². The summed E-state index contributed by atoms with van der Waals surface area (Å²) in [5, 5.41) is 2.82. The molecule has 1 saturated heterocycles. The number of likely N-dealkylation sites (N-methyl/N-ethyl adjacent to an activating group) is 1. The van der Waals surface area contributed by atoms with Gasteiger partial charge in [0.05, 0.1) is 16.8 Å². The zero-order valence-electron chi connectivity index (χ0n) is 19.7. The molecule has 1 atom stereocenters. The zero-order valence-corrected chi connectivity index (χ0v) is 21.3. The highest BCUT2D eigenvalue weighted by molar-refractivity contribution is 7.98. The highest BCUT2D eigenvalue weighted by Gasteiger charge is 2.27. The zero-order chi connectivity index (χ0) is 24.0. The van der Waals surface area contributed by atoms with Crippen molar-refractivity contribution in [3.8, 4) is 0 Å². The summed E-state index contributed by atoms with van der Waals surface area (Å²) >= 11 is 1.56. The van der Waals surface area contributed by atoms with Crippen molar-refractivity contribution in [3.63, 3.8) is 0 Å². The number of hydrogen-bond donors (Lipinski definition) is 2. The lowest BCUT2D eigenvalue weighted by Gasteiger charge is -2.33. The van der Waals surface area contributed by atoms with Crippen molar-refractivity contribution in [2.45, 2.75) is 31.2 Å². The number of sulfonamides is 1. The summed E-state index contributed by atoms with van der Waals surface area (Å²) in [6.45, 7) is 7.38. The minimum atomic E-state index is -3.85. The van der Waals surface area contributed by atoms with Crippen LogP contribution in [0.5, 0.6) is 0 Å². The maximum Gasteiger partial charge on any atom is 0.242 e. The number of rotatable bonds is 9. The number of thioether (sulfide) groups is 1. The van der Waals surface area contributed by atoms with Crippen LogP contribution in [-0.2, 0) is 14.8 Å². The quantitative estimate of drug-likeness (QED) is 0.557. The number of amides is 1. The first-order valence-corrected chi connectivity index (χ1v) is 13.9. The summed E-state index contributed by atoms with van der Waals surface area (Å²) in [5.41, 5.74) is 2.02. The monoisotopic (exact) mass is 491 g/mol. The number of hydrogen-bond acceptors (Lipinski definition) is 7. The predicted molar refractivity (Wildman–Crippen MR) is 136 cm³/mol. The largest absolute Gasteiger partial charge is 0.354 e. The summed E-state index contributed by atoms with van der Waals surface area (Å²) in [5.74, 6) is 1.12. The maximum absolute atomic E-state index is 13.1. The van der Waals surface area contributed by atoms with E-state index in [0.717, 1.165) is 37.6 Å². The van der Waals surface area contributed by atoms with Crippen LogP contribution in [0.25, 0.3) is 0 Å². The number of aromatic nitrogens is 1. The molecule has 33 heavy (non-hydrogen) atoms. The predicted octanol–water partition coefficient (Wildman–Crippen LogP) is 2.49. The second kappa shape index (κ2) is 11.3. The number of nitrogens with one attached hydrogen (secondary N) is 2. The van der Waals surface area contributed by atoms with Gasteiger partial charge >= 0.3 is 0 Å². The van der Waals surface area contributed by atoms with E-state index in [4.69, 9.17) is 0 Å². The molecule has 1 aliphatic heterocycles. The summed E-state index contributed by atoms with van der Waals surface area (Å²) < 4.78 is 28.7. The Morgan fingerprint density at radius 3 is 2.52 bits per heavy atom. The molecule has 3 rings (SSSR count). The molecule has 0 aliphatic carbocycles. The molecule has 2 N–H and O–H groups in total. The Kier molecular flexibility index (Phi) is 8.75. The van der Waals surface area contributed by atoms with Gasteiger partial charge in [0, 0.05) is 26.2 Å². The molecule has 10 heteroatoms. The maximum atomic E-state index is 13.1. The number of benzene rings is 1. The van der Waals surface area contributed by atoms with Gasteiger partial charge in [-0.1, -0.05) is 12.1 Å². The van der Waals surface area contributed by atoms with Gasteiger partial charge in [0.15, 0.2) is 0 Å². The first-order valence-electron chi connectivity index (χ1n) is 11.0. The van der Waals surface area contributed by atoms with E-state index >= 15 is 0 Å². The van der Waals surface area contributed by atoms with Gasteiger partial charge < -0.3 is 15.1 Å². The van der Waals surface area contributed by atoms with Crippen LogP contribution in [0.2, 0.25) is 0 Å². The lowest BCUT2D eigenvalue weighted by Crippen LogP contribution is -2.45. The van der Waals surface area contributed by atoms with Gasteiger partial charge in [-0.05, 0) is 68.7 Å².